The Morgan fingerprint density at radius 2 is 1.96 bits per heavy atom. The van der Waals surface area contributed by atoms with Crippen LogP contribution in [0.25, 0.3) is 10.9 Å². The minimum atomic E-state index is -0.501. The molecule has 0 saturated heterocycles. The molecule has 0 aliphatic heterocycles. The Kier molecular flexibility index (Phi) is 4.60. The molecular weight excluding hydrogens is 347 g/mol. The summed E-state index contributed by atoms with van der Waals surface area (Å²) >= 11 is 12.0. The molecule has 0 saturated carbocycles. The van der Waals surface area contributed by atoms with Crippen molar-refractivity contribution >= 4 is 45.8 Å². The van der Waals surface area contributed by atoms with Crippen LogP contribution >= 0.6 is 23.2 Å². The van der Waals surface area contributed by atoms with Crippen molar-refractivity contribution in [2.24, 2.45) is 0 Å². The molecule has 2 aromatic carbocycles. The number of ether oxygens (including phenoxy) is 1. The Balaban J connectivity index is 1.79. The van der Waals surface area contributed by atoms with Crippen LogP contribution in [0.5, 0.6) is 0 Å². The van der Waals surface area contributed by atoms with Gasteiger partial charge in [0, 0.05) is 10.9 Å². The molecule has 3 rings (SSSR count). The third-order valence-corrected chi connectivity index (χ3v) is 4.26. The van der Waals surface area contributed by atoms with Crippen molar-refractivity contribution in [3.05, 3.63) is 69.3 Å². The van der Waals surface area contributed by atoms with Gasteiger partial charge in [0.25, 0.3) is 0 Å². The van der Waals surface area contributed by atoms with Gasteiger partial charge in [0.15, 0.2) is 0 Å². The van der Waals surface area contributed by atoms with E-state index in [9.17, 15) is 4.79 Å². The first-order chi connectivity index (χ1) is 11.4. The van der Waals surface area contributed by atoms with Crippen LogP contribution in [0.4, 0.5) is 5.69 Å². The zero-order chi connectivity index (χ0) is 17.3. The Labute approximate surface area is 149 Å². The highest BCUT2D eigenvalue weighted by Gasteiger charge is 2.12. The molecule has 0 aliphatic rings. The minimum Gasteiger partial charge on any atom is -0.457 e. The van der Waals surface area contributed by atoms with Crippen LogP contribution in [0.15, 0.2) is 42.5 Å². The molecule has 24 heavy (non-hydrogen) atoms. The molecule has 0 radical (unpaired) electrons. The fraction of sp³-hybridized carbons (Fsp3) is 0.111. The maximum atomic E-state index is 12.1. The van der Waals surface area contributed by atoms with Gasteiger partial charge in [-0.15, -0.1) is 0 Å². The number of nitrogens with zero attached hydrogens (tertiary/aromatic N) is 1. The monoisotopic (exact) mass is 360 g/mol. The molecule has 6 heteroatoms. The predicted molar refractivity (Wildman–Crippen MR) is 96.5 cm³/mol. The maximum Gasteiger partial charge on any atom is 0.338 e. The number of pyridine rings is 1. The molecule has 3 aromatic rings. The van der Waals surface area contributed by atoms with E-state index < -0.39 is 5.97 Å². The van der Waals surface area contributed by atoms with Crippen molar-refractivity contribution in [1.82, 2.24) is 4.98 Å². The highest BCUT2D eigenvalue weighted by Crippen LogP contribution is 2.23. The van der Waals surface area contributed by atoms with Crippen molar-refractivity contribution in [2.75, 3.05) is 5.73 Å². The van der Waals surface area contributed by atoms with Crippen molar-refractivity contribution in [3.63, 3.8) is 0 Å². The summed E-state index contributed by atoms with van der Waals surface area (Å²) in [5.41, 5.74) is 8.90. The number of rotatable bonds is 3. The van der Waals surface area contributed by atoms with Crippen molar-refractivity contribution in [1.29, 1.82) is 0 Å². The second-order valence-corrected chi connectivity index (χ2v) is 6.21. The first-order valence-electron chi connectivity index (χ1n) is 7.22. The van der Waals surface area contributed by atoms with E-state index in [4.69, 9.17) is 33.7 Å². The van der Waals surface area contributed by atoms with E-state index in [-0.39, 0.29) is 6.61 Å². The van der Waals surface area contributed by atoms with E-state index in [2.05, 4.69) is 4.98 Å². The topological polar surface area (TPSA) is 65.2 Å². The SMILES string of the molecule is Cc1ccc2cc(COC(=O)c3ccc(Cl)c(N)c3)c(Cl)nc2c1. The van der Waals surface area contributed by atoms with Crippen LogP contribution in [0.3, 0.4) is 0 Å². The summed E-state index contributed by atoms with van der Waals surface area (Å²) < 4.78 is 5.30. The summed E-state index contributed by atoms with van der Waals surface area (Å²) in [5.74, 6) is -0.501. The molecule has 122 valence electrons. The van der Waals surface area contributed by atoms with Crippen LogP contribution in [-0.4, -0.2) is 11.0 Å². The summed E-state index contributed by atoms with van der Waals surface area (Å²) in [6, 6.07) is 12.4. The normalized spacial score (nSPS) is 10.8. The highest BCUT2D eigenvalue weighted by atomic mass is 35.5. The van der Waals surface area contributed by atoms with Crippen LogP contribution in [0.1, 0.15) is 21.5 Å². The second kappa shape index (κ2) is 6.67. The summed E-state index contributed by atoms with van der Waals surface area (Å²) in [7, 11) is 0. The van der Waals surface area contributed by atoms with Crippen molar-refractivity contribution in [3.8, 4) is 0 Å². The molecule has 1 aromatic heterocycles. The van der Waals surface area contributed by atoms with Gasteiger partial charge in [-0.25, -0.2) is 9.78 Å². The molecule has 1 heterocycles. The van der Waals surface area contributed by atoms with E-state index in [1.807, 2.05) is 31.2 Å². The Morgan fingerprint density at radius 1 is 1.17 bits per heavy atom. The largest absolute Gasteiger partial charge is 0.457 e. The van der Waals surface area contributed by atoms with Gasteiger partial charge in [-0.1, -0.05) is 35.3 Å². The van der Waals surface area contributed by atoms with Gasteiger partial charge in [-0.3, -0.25) is 0 Å². The predicted octanol–water partition coefficient (Wildman–Crippen LogP) is 4.79. The number of halogens is 2. The number of hydrogen-bond donors (Lipinski definition) is 1. The molecular formula is C18H14Cl2N2O2. The average Bonchev–Trinajstić information content (AvgIpc) is 2.55. The second-order valence-electron chi connectivity index (χ2n) is 5.45. The number of nitrogen functional groups attached to an aromatic ring is 1. The molecule has 0 unspecified atom stereocenters. The number of carbonyl (C=O) groups is 1. The molecule has 0 amide bonds. The zero-order valence-corrected chi connectivity index (χ0v) is 14.4. The number of hydrogen-bond acceptors (Lipinski definition) is 4. The van der Waals surface area contributed by atoms with Crippen LogP contribution in [-0.2, 0) is 11.3 Å². The number of carbonyl (C=O) groups excluding carboxylic acids is 1. The highest BCUT2D eigenvalue weighted by molar-refractivity contribution is 6.33. The van der Waals surface area contributed by atoms with Gasteiger partial charge < -0.3 is 10.5 Å². The summed E-state index contributed by atoms with van der Waals surface area (Å²) in [6.45, 7) is 2.01. The van der Waals surface area contributed by atoms with Gasteiger partial charge in [0.1, 0.15) is 11.8 Å². The third-order valence-electron chi connectivity index (χ3n) is 3.59. The standard InChI is InChI=1S/C18H14Cl2N2O2/c1-10-2-3-11-7-13(17(20)22-16(11)6-10)9-24-18(23)12-4-5-14(19)15(21)8-12/h2-8H,9,21H2,1H3. The average molecular weight is 361 g/mol. The lowest BCUT2D eigenvalue weighted by Gasteiger charge is -2.09. The Bertz CT molecular complexity index is 942. The lowest BCUT2D eigenvalue weighted by Crippen LogP contribution is -2.06. The number of fused-ring (bicyclic) bond motifs is 1. The van der Waals surface area contributed by atoms with Gasteiger partial charge in [-0.05, 0) is 42.8 Å². The first kappa shape index (κ1) is 16.6. The molecule has 0 spiro atoms. The van der Waals surface area contributed by atoms with Crippen molar-refractivity contribution in [2.45, 2.75) is 13.5 Å². The van der Waals surface area contributed by atoms with Crippen LogP contribution in [0, 0.1) is 6.92 Å². The quantitative estimate of drug-likeness (QED) is 0.414. The minimum absolute atomic E-state index is 0.0248. The number of nitrogens with two attached hydrogens (primary N) is 1. The summed E-state index contributed by atoms with van der Waals surface area (Å²) in [6.07, 6.45) is 0. The lowest BCUT2D eigenvalue weighted by molar-refractivity contribution is 0.0473. The Morgan fingerprint density at radius 3 is 2.71 bits per heavy atom. The summed E-state index contributed by atoms with van der Waals surface area (Å²) in [5, 5.41) is 1.65. The number of benzene rings is 2. The maximum absolute atomic E-state index is 12.1. The number of aryl methyl sites for hydroxylation is 1. The first-order valence-corrected chi connectivity index (χ1v) is 7.97. The van der Waals surface area contributed by atoms with Gasteiger partial charge in [0.05, 0.1) is 21.8 Å². The van der Waals surface area contributed by atoms with E-state index in [1.54, 1.807) is 12.1 Å². The van der Waals surface area contributed by atoms with Gasteiger partial charge >= 0.3 is 5.97 Å². The van der Waals surface area contributed by atoms with Gasteiger partial charge in [0.2, 0.25) is 0 Å². The van der Waals surface area contributed by atoms with E-state index in [0.717, 1.165) is 16.5 Å². The van der Waals surface area contributed by atoms with E-state index >= 15 is 0 Å². The molecule has 2 N–H and O–H groups in total. The van der Waals surface area contributed by atoms with Gasteiger partial charge in [-0.2, -0.15) is 0 Å². The molecule has 0 atom stereocenters. The van der Waals surface area contributed by atoms with Crippen LogP contribution in [0.2, 0.25) is 10.2 Å². The number of aromatic nitrogens is 1. The lowest BCUT2D eigenvalue weighted by atomic mass is 10.1. The fourth-order valence-corrected chi connectivity index (χ4v) is 2.61. The Hall–Kier alpha value is -2.30. The molecule has 4 nitrogen and oxygen atoms in total. The number of anilines is 1. The van der Waals surface area contributed by atoms with E-state index in [1.165, 1.54) is 6.07 Å². The molecule has 0 aliphatic carbocycles. The van der Waals surface area contributed by atoms with Crippen molar-refractivity contribution < 1.29 is 9.53 Å². The fourth-order valence-electron chi connectivity index (χ4n) is 2.30. The number of esters is 1. The third kappa shape index (κ3) is 3.45. The molecule has 0 bridgehead atoms. The molecule has 0 fully saturated rings. The summed E-state index contributed by atoms with van der Waals surface area (Å²) in [4.78, 5) is 16.5. The van der Waals surface area contributed by atoms with E-state index in [0.29, 0.717) is 27.0 Å². The zero-order valence-electron chi connectivity index (χ0n) is 12.8. The smallest absolute Gasteiger partial charge is 0.338 e. The van der Waals surface area contributed by atoms with Crippen LogP contribution < -0.4 is 5.73 Å².